The highest BCUT2D eigenvalue weighted by molar-refractivity contribution is 6.05. The fourth-order valence-corrected chi connectivity index (χ4v) is 2.82. The van der Waals surface area contributed by atoms with Crippen LogP contribution in [0.5, 0.6) is 0 Å². The van der Waals surface area contributed by atoms with Gasteiger partial charge >= 0.3 is 0 Å². The highest BCUT2D eigenvalue weighted by Crippen LogP contribution is 2.20. The van der Waals surface area contributed by atoms with Crippen LogP contribution in [0.3, 0.4) is 0 Å². The average molecular weight is 336 g/mol. The molecule has 0 spiro atoms. The summed E-state index contributed by atoms with van der Waals surface area (Å²) in [5, 5.41) is 2.92. The topological polar surface area (TPSA) is 66.5 Å². The molecule has 3 rings (SSSR count). The minimum absolute atomic E-state index is 0.137. The van der Waals surface area contributed by atoms with Gasteiger partial charge in [-0.25, -0.2) is 0 Å². The lowest BCUT2D eigenvalue weighted by Crippen LogP contribution is -2.28. The third-order valence-corrected chi connectivity index (χ3v) is 4.56. The van der Waals surface area contributed by atoms with Gasteiger partial charge in [0, 0.05) is 24.1 Å². The van der Waals surface area contributed by atoms with Gasteiger partial charge < -0.3 is 5.32 Å². The van der Waals surface area contributed by atoms with Crippen LogP contribution in [0.2, 0.25) is 0 Å². The second kappa shape index (κ2) is 6.89. The summed E-state index contributed by atoms with van der Waals surface area (Å²) in [7, 11) is 0. The molecule has 1 fully saturated rings. The number of imide groups is 1. The number of aryl methyl sites for hydroxylation is 1. The predicted octanol–water partition coefficient (Wildman–Crippen LogP) is 3.20. The average Bonchev–Trinajstić information content (AvgIpc) is 2.91. The maximum absolute atomic E-state index is 12.4. The van der Waals surface area contributed by atoms with E-state index in [1.54, 1.807) is 24.3 Å². The van der Waals surface area contributed by atoms with Crippen LogP contribution in [-0.4, -0.2) is 22.6 Å². The minimum Gasteiger partial charge on any atom is -0.322 e. The van der Waals surface area contributed by atoms with E-state index in [0.717, 1.165) is 22.4 Å². The molecule has 0 aromatic heterocycles. The van der Waals surface area contributed by atoms with Crippen molar-refractivity contribution < 1.29 is 14.4 Å². The summed E-state index contributed by atoms with van der Waals surface area (Å²) in [6.07, 6.45) is 0.574. The van der Waals surface area contributed by atoms with E-state index in [9.17, 15) is 14.4 Å². The van der Waals surface area contributed by atoms with Crippen molar-refractivity contribution in [3.05, 3.63) is 64.7 Å². The molecule has 0 aliphatic carbocycles. The normalized spacial score (nSPS) is 14.1. The molecule has 2 aromatic rings. The van der Waals surface area contributed by atoms with Gasteiger partial charge in [-0.15, -0.1) is 0 Å². The molecular weight excluding hydrogens is 316 g/mol. The van der Waals surface area contributed by atoms with Crippen molar-refractivity contribution in [1.29, 1.82) is 0 Å². The van der Waals surface area contributed by atoms with E-state index in [1.165, 1.54) is 4.90 Å². The fourth-order valence-electron chi connectivity index (χ4n) is 2.82. The lowest BCUT2D eigenvalue weighted by atomic mass is 10.1. The number of hydrogen-bond acceptors (Lipinski definition) is 3. The summed E-state index contributed by atoms with van der Waals surface area (Å²) in [6.45, 7) is 4.23. The maximum atomic E-state index is 12.4. The second-order valence-corrected chi connectivity index (χ2v) is 6.27. The van der Waals surface area contributed by atoms with Crippen molar-refractivity contribution in [3.63, 3.8) is 0 Å². The van der Waals surface area contributed by atoms with Crippen LogP contribution in [0.25, 0.3) is 0 Å². The van der Waals surface area contributed by atoms with Crippen molar-refractivity contribution in [1.82, 2.24) is 4.90 Å². The Hall–Kier alpha value is -2.95. The van der Waals surface area contributed by atoms with Crippen molar-refractivity contribution in [2.45, 2.75) is 33.2 Å². The SMILES string of the molecule is Cc1cccc(NC(=O)c2ccc(CN3C(=O)CCC3=O)cc2)c1C. The molecule has 1 saturated heterocycles. The molecule has 3 amide bonds. The van der Waals surface area contributed by atoms with Crippen molar-refractivity contribution in [2.75, 3.05) is 5.32 Å². The van der Waals surface area contributed by atoms with Gasteiger partial charge in [0.15, 0.2) is 0 Å². The Bertz CT molecular complexity index is 825. The molecule has 2 aromatic carbocycles. The van der Waals surface area contributed by atoms with E-state index in [0.29, 0.717) is 5.56 Å². The molecular formula is C20H20N2O3. The molecule has 5 heteroatoms. The molecule has 128 valence electrons. The first kappa shape index (κ1) is 16.9. The molecule has 0 atom stereocenters. The first-order valence-electron chi connectivity index (χ1n) is 8.25. The van der Waals surface area contributed by atoms with Gasteiger partial charge in [-0.2, -0.15) is 0 Å². The van der Waals surface area contributed by atoms with E-state index in [4.69, 9.17) is 0 Å². The van der Waals surface area contributed by atoms with Crippen LogP contribution < -0.4 is 5.32 Å². The highest BCUT2D eigenvalue weighted by Gasteiger charge is 2.28. The molecule has 1 N–H and O–H groups in total. The van der Waals surface area contributed by atoms with Crippen LogP contribution in [-0.2, 0) is 16.1 Å². The van der Waals surface area contributed by atoms with Crippen LogP contribution >= 0.6 is 0 Å². The van der Waals surface area contributed by atoms with Crippen LogP contribution in [0.15, 0.2) is 42.5 Å². The Kier molecular flexibility index (Phi) is 4.65. The van der Waals surface area contributed by atoms with Gasteiger partial charge in [-0.05, 0) is 48.7 Å². The fraction of sp³-hybridized carbons (Fsp3) is 0.250. The quantitative estimate of drug-likeness (QED) is 0.872. The summed E-state index contributed by atoms with van der Waals surface area (Å²) < 4.78 is 0. The van der Waals surface area contributed by atoms with Crippen molar-refractivity contribution >= 4 is 23.4 Å². The molecule has 1 aliphatic rings. The summed E-state index contributed by atoms with van der Waals surface area (Å²) in [5.41, 5.74) is 4.31. The number of carbonyl (C=O) groups is 3. The van der Waals surface area contributed by atoms with E-state index >= 15 is 0 Å². The molecule has 0 saturated carbocycles. The number of anilines is 1. The van der Waals surface area contributed by atoms with Crippen molar-refractivity contribution in [3.8, 4) is 0 Å². The Labute approximate surface area is 146 Å². The lowest BCUT2D eigenvalue weighted by molar-refractivity contribution is -0.139. The van der Waals surface area contributed by atoms with Gasteiger partial charge in [0.05, 0.1) is 6.54 Å². The van der Waals surface area contributed by atoms with E-state index in [1.807, 2.05) is 32.0 Å². The number of nitrogens with zero attached hydrogens (tertiary/aromatic N) is 1. The summed E-state index contributed by atoms with van der Waals surface area (Å²) >= 11 is 0. The second-order valence-electron chi connectivity index (χ2n) is 6.27. The summed E-state index contributed by atoms with van der Waals surface area (Å²) in [6, 6.07) is 12.8. The Morgan fingerprint density at radius 2 is 1.64 bits per heavy atom. The summed E-state index contributed by atoms with van der Waals surface area (Å²) in [5.74, 6) is -0.461. The Morgan fingerprint density at radius 1 is 1.00 bits per heavy atom. The van der Waals surface area contributed by atoms with E-state index in [2.05, 4.69) is 5.32 Å². The third kappa shape index (κ3) is 3.60. The molecule has 1 heterocycles. The number of benzene rings is 2. The third-order valence-electron chi connectivity index (χ3n) is 4.56. The summed E-state index contributed by atoms with van der Waals surface area (Å²) in [4.78, 5) is 37.0. The zero-order chi connectivity index (χ0) is 18.0. The maximum Gasteiger partial charge on any atom is 0.255 e. The number of carbonyl (C=O) groups excluding carboxylic acids is 3. The zero-order valence-corrected chi connectivity index (χ0v) is 14.3. The smallest absolute Gasteiger partial charge is 0.255 e. The molecule has 1 aliphatic heterocycles. The van der Waals surface area contributed by atoms with Gasteiger partial charge in [0.2, 0.25) is 11.8 Å². The van der Waals surface area contributed by atoms with E-state index < -0.39 is 0 Å². The largest absolute Gasteiger partial charge is 0.322 e. The van der Waals surface area contributed by atoms with Crippen LogP contribution in [0.1, 0.15) is 39.9 Å². The number of likely N-dealkylation sites (tertiary alicyclic amines) is 1. The zero-order valence-electron chi connectivity index (χ0n) is 14.3. The predicted molar refractivity (Wildman–Crippen MR) is 95.1 cm³/mol. The molecule has 0 bridgehead atoms. The lowest BCUT2D eigenvalue weighted by Gasteiger charge is -2.14. The van der Waals surface area contributed by atoms with Gasteiger partial charge in [0.25, 0.3) is 5.91 Å². The number of hydrogen-bond donors (Lipinski definition) is 1. The standard InChI is InChI=1S/C20H20N2O3/c1-13-4-3-5-17(14(13)2)21-20(25)16-8-6-15(7-9-16)12-22-18(23)10-11-19(22)24/h3-9H,10-12H2,1-2H3,(H,21,25). The molecule has 0 radical (unpaired) electrons. The first-order chi connectivity index (χ1) is 12.0. The highest BCUT2D eigenvalue weighted by atomic mass is 16.2. The van der Waals surface area contributed by atoms with E-state index in [-0.39, 0.29) is 37.1 Å². The number of nitrogens with one attached hydrogen (secondary N) is 1. The molecule has 5 nitrogen and oxygen atoms in total. The minimum atomic E-state index is -0.187. The number of rotatable bonds is 4. The molecule has 25 heavy (non-hydrogen) atoms. The van der Waals surface area contributed by atoms with Gasteiger partial charge in [0.1, 0.15) is 0 Å². The first-order valence-corrected chi connectivity index (χ1v) is 8.25. The Morgan fingerprint density at radius 3 is 2.28 bits per heavy atom. The molecule has 0 unspecified atom stereocenters. The van der Waals surface area contributed by atoms with Gasteiger partial charge in [-0.1, -0.05) is 24.3 Å². The van der Waals surface area contributed by atoms with Gasteiger partial charge in [-0.3, -0.25) is 19.3 Å². The van der Waals surface area contributed by atoms with Crippen LogP contribution in [0, 0.1) is 13.8 Å². The van der Waals surface area contributed by atoms with Crippen LogP contribution in [0.4, 0.5) is 5.69 Å². The van der Waals surface area contributed by atoms with Crippen molar-refractivity contribution in [2.24, 2.45) is 0 Å². The monoisotopic (exact) mass is 336 g/mol. The Balaban J connectivity index is 1.69. The number of amides is 3.